The van der Waals surface area contributed by atoms with E-state index < -0.39 is 0 Å². The lowest BCUT2D eigenvalue weighted by atomic mass is 10.1. The molecule has 0 aliphatic carbocycles. The Morgan fingerprint density at radius 3 is 2.77 bits per heavy atom. The number of aromatic nitrogens is 4. The molecule has 158 valence electrons. The smallest absolute Gasteiger partial charge is 0.236 e. The number of nitrogens with one attached hydrogen (secondary N) is 1. The molecule has 0 aliphatic heterocycles. The van der Waals surface area contributed by atoms with Crippen molar-refractivity contribution in [1.29, 1.82) is 0 Å². The Morgan fingerprint density at radius 2 is 2.07 bits per heavy atom. The van der Waals surface area contributed by atoms with Crippen LogP contribution in [0.5, 0.6) is 5.75 Å². The summed E-state index contributed by atoms with van der Waals surface area (Å²) in [4.78, 5) is 16.4. The van der Waals surface area contributed by atoms with Gasteiger partial charge in [-0.2, -0.15) is 0 Å². The molecule has 1 N–H and O–H groups in total. The zero-order valence-corrected chi connectivity index (χ0v) is 19.7. The zero-order chi connectivity index (χ0) is 21.7. The van der Waals surface area contributed by atoms with Crippen LogP contribution < -0.4 is 10.1 Å². The van der Waals surface area contributed by atoms with E-state index in [1.165, 1.54) is 17.3 Å². The lowest BCUT2D eigenvalue weighted by molar-refractivity contribution is -0.113. The SMILES string of the molecule is CCn1c(SCC(=O)Nc2ccc(Br)cn2)nnc1C(C)Oc1cccc(C)c1C. The lowest BCUT2D eigenvalue weighted by Gasteiger charge is -2.17. The molecule has 0 spiro atoms. The van der Waals surface area contributed by atoms with Gasteiger partial charge in [0.15, 0.2) is 17.1 Å². The Hall–Kier alpha value is -2.39. The molecule has 2 aromatic heterocycles. The highest BCUT2D eigenvalue weighted by atomic mass is 79.9. The monoisotopic (exact) mass is 489 g/mol. The second-order valence-electron chi connectivity index (χ2n) is 6.74. The standard InChI is InChI=1S/C21H24BrN5O2S/c1-5-27-20(15(4)29-17-8-6-7-13(2)14(17)3)25-26-21(27)30-12-19(28)24-18-10-9-16(22)11-23-18/h6-11,15H,5,12H2,1-4H3,(H,23,24,28). The molecule has 1 atom stereocenters. The maximum Gasteiger partial charge on any atom is 0.236 e. The van der Waals surface area contributed by atoms with E-state index in [2.05, 4.69) is 49.4 Å². The van der Waals surface area contributed by atoms with Crippen LogP contribution in [0.4, 0.5) is 5.82 Å². The van der Waals surface area contributed by atoms with Gasteiger partial charge in [-0.05, 0) is 73.0 Å². The number of benzene rings is 1. The molecular formula is C21H24BrN5O2S. The summed E-state index contributed by atoms with van der Waals surface area (Å²) < 4.78 is 8.99. The van der Waals surface area contributed by atoms with E-state index in [9.17, 15) is 4.79 Å². The van der Waals surface area contributed by atoms with Crippen molar-refractivity contribution in [1.82, 2.24) is 19.7 Å². The van der Waals surface area contributed by atoms with Gasteiger partial charge in [0.2, 0.25) is 5.91 Å². The summed E-state index contributed by atoms with van der Waals surface area (Å²) >= 11 is 4.66. The Bertz CT molecular complexity index is 1020. The Balaban J connectivity index is 1.65. The molecule has 0 bridgehead atoms. The van der Waals surface area contributed by atoms with Gasteiger partial charge in [0.05, 0.1) is 5.75 Å². The minimum atomic E-state index is -0.270. The van der Waals surface area contributed by atoms with Crippen LogP contribution in [-0.2, 0) is 11.3 Å². The molecular weight excluding hydrogens is 466 g/mol. The molecule has 3 aromatic rings. The van der Waals surface area contributed by atoms with Crippen molar-refractivity contribution >= 4 is 39.4 Å². The number of hydrogen-bond acceptors (Lipinski definition) is 6. The van der Waals surface area contributed by atoms with Crippen LogP contribution in [0, 0.1) is 13.8 Å². The molecule has 1 aromatic carbocycles. The number of amides is 1. The first-order valence-corrected chi connectivity index (χ1v) is 11.4. The molecule has 1 unspecified atom stereocenters. The zero-order valence-electron chi connectivity index (χ0n) is 17.3. The summed E-state index contributed by atoms with van der Waals surface area (Å²) in [5.74, 6) is 2.14. The van der Waals surface area contributed by atoms with Gasteiger partial charge in [-0.25, -0.2) is 4.98 Å². The summed E-state index contributed by atoms with van der Waals surface area (Å²) in [5, 5.41) is 12.1. The van der Waals surface area contributed by atoms with Gasteiger partial charge < -0.3 is 14.6 Å². The normalized spacial score (nSPS) is 11.9. The first-order chi connectivity index (χ1) is 14.4. The maximum atomic E-state index is 12.3. The van der Waals surface area contributed by atoms with Crippen molar-refractivity contribution in [3.05, 3.63) is 58.0 Å². The summed E-state index contributed by atoms with van der Waals surface area (Å²) in [5.41, 5.74) is 2.29. The Morgan fingerprint density at radius 1 is 1.27 bits per heavy atom. The fourth-order valence-corrected chi connectivity index (χ4v) is 3.90. The minimum Gasteiger partial charge on any atom is -0.482 e. The molecule has 0 saturated heterocycles. The molecule has 1 amide bonds. The number of halogens is 1. The third kappa shape index (κ3) is 5.40. The van der Waals surface area contributed by atoms with E-state index in [1.54, 1.807) is 12.3 Å². The van der Waals surface area contributed by atoms with Crippen LogP contribution >= 0.6 is 27.7 Å². The summed E-state index contributed by atoms with van der Waals surface area (Å²) in [6.07, 6.45) is 1.37. The van der Waals surface area contributed by atoms with Gasteiger partial charge in [-0.1, -0.05) is 23.9 Å². The molecule has 0 saturated carbocycles. The molecule has 0 fully saturated rings. The van der Waals surface area contributed by atoms with Gasteiger partial charge in [0.1, 0.15) is 11.6 Å². The highest BCUT2D eigenvalue weighted by Gasteiger charge is 2.20. The number of carbonyl (C=O) groups is 1. The number of ether oxygens (including phenoxy) is 1. The van der Waals surface area contributed by atoms with E-state index in [0.717, 1.165) is 21.6 Å². The van der Waals surface area contributed by atoms with Crippen LogP contribution in [-0.4, -0.2) is 31.4 Å². The minimum absolute atomic E-state index is 0.151. The van der Waals surface area contributed by atoms with Gasteiger partial charge >= 0.3 is 0 Å². The third-order valence-corrected chi connectivity index (χ3v) is 6.05. The average molecular weight is 490 g/mol. The topological polar surface area (TPSA) is 81.9 Å². The molecule has 0 radical (unpaired) electrons. The van der Waals surface area contributed by atoms with Crippen LogP contribution in [0.2, 0.25) is 0 Å². The molecule has 30 heavy (non-hydrogen) atoms. The molecule has 7 nitrogen and oxygen atoms in total. The lowest BCUT2D eigenvalue weighted by Crippen LogP contribution is -2.16. The molecule has 3 rings (SSSR count). The summed E-state index contributed by atoms with van der Waals surface area (Å²) in [6.45, 7) is 8.76. The fraction of sp³-hybridized carbons (Fsp3) is 0.333. The van der Waals surface area contributed by atoms with Crippen molar-refractivity contribution in [3.63, 3.8) is 0 Å². The number of pyridine rings is 1. The van der Waals surface area contributed by atoms with Crippen LogP contribution in [0.3, 0.4) is 0 Å². The quantitative estimate of drug-likeness (QED) is 0.451. The van der Waals surface area contributed by atoms with E-state index in [4.69, 9.17) is 4.74 Å². The first kappa shape index (κ1) is 22.3. The number of nitrogens with zero attached hydrogens (tertiary/aromatic N) is 4. The third-order valence-electron chi connectivity index (χ3n) is 4.61. The predicted molar refractivity (Wildman–Crippen MR) is 122 cm³/mol. The summed E-state index contributed by atoms with van der Waals surface area (Å²) in [7, 11) is 0. The predicted octanol–water partition coefficient (Wildman–Crippen LogP) is 4.94. The van der Waals surface area contributed by atoms with E-state index >= 15 is 0 Å². The van der Waals surface area contributed by atoms with Crippen molar-refractivity contribution < 1.29 is 9.53 Å². The number of rotatable bonds is 8. The van der Waals surface area contributed by atoms with Crippen molar-refractivity contribution in [2.75, 3.05) is 11.1 Å². The van der Waals surface area contributed by atoms with Crippen molar-refractivity contribution in [2.24, 2.45) is 0 Å². The van der Waals surface area contributed by atoms with Gasteiger partial charge in [0.25, 0.3) is 0 Å². The number of thioether (sulfide) groups is 1. The van der Waals surface area contributed by atoms with Crippen LogP contribution in [0.1, 0.15) is 36.9 Å². The highest BCUT2D eigenvalue weighted by molar-refractivity contribution is 9.10. The molecule has 0 aliphatic rings. The highest BCUT2D eigenvalue weighted by Crippen LogP contribution is 2.28. The molecule has 2 heterocycles. The number of carbonyl (C=O) groups excluding carboxylic acids is 1. The number of anilines is 1. The maximum absolute atomic E-state index is 12.3. The molecule has 9 heteroatoms. The van der Waals surface area contributed by atoms with Crippen LogP contribution in [0.15, 0.2) is 46.2 Å². The number of aryl methyl sites for hydroxylation is 1. The second-order valence-corrected chi connectivity index (χ2v) is 8.60. The van der Waals surface area contributed by atoms with Gasteiger partial charge in [-0.15, -0.1) is 10.2 Å². The largest absolute Gasteiger partial charge is 0.482 e. The number of hydrogen-bond donors (Lipinski definition) is 1. The summed E-state index contributed by atoms with van der Waals surface area (Å²) in [6, 6.07) is 9.57. The van der Waals surface area contributed by atoms with Crippen molar-refractivity contribution in [2.45, 2.75) is 45.5 Å². The Kier molecular flexibility index (Phi) is 7.49. The first-order valence-electron chi connectivity index (χ1n) is 9.59. The Labute approximate surface area is 188 Å². The average Bonchev–Trinajstić information content (AvgIpc) is 3.14. The van der Waals surface area contributed by atoms with Crippen molar-refractivity contribution in [3.8, 4) is 5.75 Å². The second kappa shape index (κ2) is 10.1. The van der Waals surface area contributed by atoms with Gasteiger partial charge in [-0.3, -0.25) is 4.79 Å². The van der Waals surface area contributed by atoms with E-state index in [-0.39, 0.29) is 17.8 Å². The van der Waals surface area contributed by atoms with E-state index in [0.29, 0.717) is 17.5 Å². The van der Waals surface area contributed by atoms with E-state index in [1.807, 2.05) is 43.5 Å². The fourth-order valence-electron chi connectivity index (χ4n) is 2.86. The van der Waals surface area contributed by atoms with Gasteiger partial charge in [0, 0.05) is 17.2 Å². The van der Waals surface area contributed by atoms with Crippen LogP contribution in [0.25, 0.3) is 0 Å².